The maximum absolute atomic E-state index is 10.6. The highest BCUT2D eigenvalue weighted by atomic mass is 16.4. The predicted octanol–water partition coefficient (Wildman–Crippen LogP) is 1.15. The first-order valence-corrected chi connectivity index (χ1v) is 4.41. The van der Waals surface area contributed by atoms with Gasteiger partial charge in [0.25, 0.3) is 0 Å². The molecule has 0 fully saturated rings. The van der Waals surface area contributed by atoms with Crippen LogP contribution in [0.25, 0.3) is 0 Å². The van der Waals surface area contributed by atoms with Crippen LogP contribution in [0.15, 0.2) is 12.3 Å². The molecule has 5 nitrogen and oxygen atoms in total. The molecular formula is C10H11N3O2. The zero-order valence-corrected chi connectivity index (χ0v) is 8.48. The fourth-order valence-electron chi connectivity index (χ4n) is 1.08. The number of nitrogens with one attached hydrogen (secondary N) is 1. The Morgan fingerprint density at radius 2 is 2.40 bits per heavy atom. The molecule has 0 amide bonds. The van der Waals surface area contributed by atoms with Crippen LogP contribution in [0.4, 0.5) is 5.82 Å². The monoisotopic (exact) mass is 205 g/mol. The number of nitriles is 1. The highest BCUT2D eigenvalue weighted by Gasteiger charge is 2.14. The van der Waals surface area contributed by atoms with Crippen molar-refractivity contribution in [2.75, 3.05) is 5.32 Å². The molecule has 0 aromatic carbocycles. The second-order valence-corrected chi connectivity index (χ2v) is 3.17. The first-order chi connectivity index (χ1) is 7.06. The van der Waals surface area contributed by atoms with Crippen molar-refractivity contribution in [3.63, 3.8) is 0 Å². The van der Waals surface area contributed by atoms with Gasteiger partial charge in [-0.25, -0.2) is 4.98 Å². The topological polar surface area (TPSA) is 86.0 Å². The van der Waals surface area contributed by atoms with E-state index in [1.54, 1.807) is 13.0 Å². The van der Waals surface area contributed by atoms with Crippen LogP contribution in [0.5, 0.6) is 0 Å². The van der Waals surface area contributed by atoms with E-state index in [-0.39, 0.29) is 0 Å². The van der Waals surface area contributed by atoms with E-state index in [1.807, 2.05) is 6.07 Å². The molecule has 1 atom stereocenters. The van der Waals surface area contributed by atoms with Gasteiger partial charge in [0.05, 0.1) is 5.56 Å². The highest BCUT2D eigenvalue weighted by Crippen LogP contribution is 2.15. The number of pyridine rings is 1. The molecule has 2 N–H and O–H groups in total. The van der Waals surface area contributed by atoms with E-state index in [1.165, 1.54) is 13.1 Å². The number of nitrogens with zero attached hydrogens (tertiary/aromatic N) is 2. The van der Waals surface area contributed by atoms with Crippen molar-refractivity contribution in [1.82, 2.24) is 4.98 Å². The molecule has 0 spiro atoms. The Morgan fingerprint density at radius 3 is 2.93 bits per heavy atom. The fourth-order valence-corrected chi connectivity index (χ4v) is 1.08. The molecular weight excluding hydrogens is 194 g/mol. The average molecular weight is 205 g/mol. The molecule has 0 saturated carbocycles. The van der Waals surface area contributed by atoms with E-state index in [4.69, 9.17) is 10.4 Å². The number of aliphatic carboxylic acids is 1. The summed E-state index contributed by atoms with van der Waals surface area (Å²) in [5, 5.41) is 20.2. The minimum Gasteiger partial charge on any atom is -0.480 e. The molecule has 78 valence electrons. The van der Waals surface area contributed by atoms with E-state index in [0.29, 0.717) is 11.4 Å². The van der Waals surface area contributed by atoms with Gasteiger partial charge < -0.3 is 10.4 Å². The van der Waals surface area contributed by atoms with Crippen LogP contribution in [-0.4, -0.2) is 22.1 Å². The minimum atomic E-state index is -0.984. The molecule has 1 aromatic heterocycles. The zero-order chi connectivity index (χ0) is 11.4. The van der Waals surface area contributed by atoms with Crippen molar-refractivity contribution < 1.29 is 9.90 Å². The Morgan fingerprint density at radius 1 is 1.73 bits per heavy atom. The summed E-state index contributed by atoms with van der Waals surface area (Å²) in [5.74, 6) is -0.672. The third kappa shape index (κ3) is 2.44. The number of hydrogen-bond acceptors (Lipinski definition) is 4. The summed E-state index contributed by atoms with van der Waals surface area (Å²) in [5.41, 5.74) is 1.15. The van der Waals surface area contributed by atoms with Crippen LogP contribution in [0, 0.1) is 18.3 Å². The van der Waals surface area contributed by atoms with Crippen molar-refractivity contribution in [2.24, 2.45) is 0 Å². The third-order valence-corrected chi connectivity index (χ3v) is 1.99. The largest absolute Gasteiger partial charge is 0.480 e. The average Bonchev–Trinajstić information content (AvgIpc) is 2.18. The molecule has 0 aliphatic carbocycles. The molecule has 5 heteroatoms. The van der Waals surface area contributed by atoms with E-state index in [0.717, 1.165) is 5.56 Å². The zero-order valence-electron chi connectivity index (χ0n) is 8.48. The smallest absolute Gasteiger partial charge is 0.325 e. The van der Waals surface area contributed by atoms with Crippen molar-refractivity contribution in [1.29, 1.82) is 5.26 Å². The molecule has 1 heterocycles. The van der Waals surface area contributed by atoms with Crippen LogP contribution in [0.1, 0.15) is 18.1 Å². The van der Waals surface area contributed by atoms with Crippen molar-refractivity contribution in [2.45, 2.75) is 19.9 Å². The third-order valence-electron chi connectivity index (χ3n) is 1.99. The van der Waals surface area contributed by atoms with Gasteiger partial charge in [0.1, 0.15) is 17.9 Å². The molecule has 0 saturated heterocycles. The number of hydrogen-bond donors (Lipinski definition) is 2. The number of carbonyl (C=O) groups is 1. The number of carboxylic acid groups (broad SMARTS) is 1. The lowest BCUT2D eigenvalue weighted by atomic mass is 10.1. The lowest BCUT2D eigenvalue weighted by molar-refractivity contribution is -0.137. The highest BCUT2D eigenvalue weighted by molar-refractivity contribution is 5.77. The first-order valence-electron chi connectivity index (χ1n) is 4.41. The van der Waals surface area contributed by atoms with Crippen molar-refractivity contribution >= 4 is 11.8 Å². The van der Waals surface area contributed by atoms with E-state index < -0.39 is 12.0 Å². The summed E-state index contributed by atoms with van der Waals surface area (Å²) in [6.45, 7) is 3.27. The van der Waals surface area contributed by atoms with Gasteiger partial charge in [-0.3, -0.25) is 4.79 Å². The molecule has 0 aliphatic heterocycles. The minimum absolute atomic E-state index is 0.312. The Hall–Kier alpha value is -2.09. The van der Waals surface area contributed by atoms with Crippen LogP contribution >= 0.6 is 0 Å². The molecule has 0 aliphatic rings. The maximum Gasteiger partial charge on any atom is 0.325 e. The molecule has 1 rings (SSSR count). The van der Waals surface area contributed by atoms with Gasteiger partial charge in [-0.05, 0) is 25.5 Å². The van der Waals surface area contributed by atoms with Gasteiger partial charge in [0.15, 0.2) is 0 Å². The number of aryl methyl sites for hydroxylation is 1. The number of rotatable bonds is 3. The van der Waals surface area contributed by atoms with Crippen molar-refractivity contribution in [3.8, 4) is 6.07 Å². The Balaban J connectivity index is 3.01. The predicted molar refractivity (Wildman–Crippen MR) is 54.4 cm³/mol. The van der Waals surface area contributed by atoms with E-state index in [9.17, 15) is 4.79 Å². The Kier molecular flexibility index (Phi) is 3.24. The molecule has 0 bridgehead atoms. The number of carboxylic acids is 1. The Labute approximate surface area is 87.4 Å². The Bertz CT molecular complexity index is 423. The second kappa shape index (κ2) is 4.42. The molecule has 15 heavy (non-hydrogen) atoms. The van der Waals surface area contributed by atoms with Gasteiger partial charge in [0.2, 0.25) is 0 Å². The standard InChI is InChI=1S/C10H11N3O2/c1-6-3-4-12-9(8(6)5-11)13-7(2)10(14)15/h3-4,7H,1-2H3,(H,12,13)(H,14,15)/t7-/m1/s1. The van der Waals surface area contributed by atoms with Crippen LogP contribution in [-0.2, 0) is 4.79 Å². The van der Waals surface area contributed by atoms with Crippen LogP contribution < -0.4 is 5.32 Å². The summed E-state index contributed by atoms with van der Waals surface area (Å²) in [7, 11) is 0. The lowest BCUT2D eigenvalue weighted by Gasteiger charge is -2.11. The summed E-state index contributed by atoms with van der Waals surface area (Å²) < 4.78 is 0. The second-order valence-electron chi connectivity index (χ2n) is 3.17. The summed E-state index contributed by atoms with van der Waals surface area (Å²) in [4.78, 5) is 14.6. The quantitative estimate of drug-likeness (QED) is 0.772. The van der Waals surface area contributed by atoms with Gasteiger partial charge >= 0.3 is 5.97 Å². The SMILES string of the molecule is Cc1ccnc(N[C@H](C)C(=O)O)c1C#N. The molecule has 0 radical (unpaired) electrons. The normalized spacial score (nSPS) is 11.5. The lowest BCUT2D eigenvalue weighted by Crippen LogP contribution is -2.26. The van der Waals surface area contributed by atoms with Gasteiger partial charge in [-0.15, -0.1) is 0 Å². The molecule has 1 aromatic rings. The fraction of sp³-hybridized carbons (Fsp3) is 0.300. The summed E-state index contributed by atoms with van der Waals surface area (Å²) in [6, 6.07) is 2.92. The van der Waals surface area contributed by atoms with E-state index >= 15 is 0 Å². The first kappa shape index (κ1) is 11.0. The summed E-state index contributed by atoms with van der Waals surface area (Å²) in [6.07, 6.45) is 1.53. The maximum atomic E-state index is 10.6. The molecule has 0 unspecified atom stereocenters. The van der Waals surface area contributed by atoms with Crippen LogP contribution in [0.3, 0.4) is 0 Å². The van der Waals surface area contributed by atoms with Gasteiger partial charge in [0, 0.05) is 6.20 Å². The summed E-state index contributed by atoms with van der Waals surface area (Å²) >= 11 is 0. The van der Waals surface area contributed by atoms with Crippen LogP contribution in [0.2, 0.25) is 0 Å². The number of anilines is 1. The number of aromatic nitrogens is 1. The van der Waals surface area contributed by atoms with E-state index in [2.05, 4.69) is 10.3 Å². The van der Waals surface area contributed by atoms with Crippen molar-refractivity contribution in [3.05, 3.63) is 23.4 Å². The van der Waals surface area contributed by atoms with Gasteiger partial charge in [-0.2, -0.15) is 5.26 Å². The van der Waals surface area contributed by atoms with Gasteiger partial charge in [-0.1, -0.05) is 0 Å².